The van der Waals surface area contributed by atoms with Crippen LogP contribution in [0.3, 0.4) is 0 Å². The van der Waals surface area contributed by atoms with Crippen LogP contribution in [0.5, 0.6) is 0 Å². The van der Waals surface area contributed by atoms with E-state index in [1.54, 1.807) is 25.1 Å². The van der Waals surface area contributed by atoms with Gasteiger partial charge in [-0.1, -0.05) is 12.1 Å². The van der Waals surface area contributed by atoms with E-state index in [2.05, 4.69) is 10.3 Å². The topological polar surface area (TPSA) is 128 Å². The van der Waals surface area contributed by atoms with Gasteiger partial charge in [-0.2, -0.15) is 0 Å². The second-order valence-electron chi connectivity index (χ2n) is 5.53. The fourth-order valence-corrected chi connectivity index (χ4v) is 3.21. The molecule has 27 heavy (non-hydrogen) atoms. The third-order valence-electron chi connectivity index (χ3n) is 3.68. The highest BCUT2D eigenvalue weighted by molar-refractivity contribution is 8.18. The van der Waals surface area contributed by atoms with Crippen molar-refractivity contribution in [3.8, 4) is 0 Å². The Hall–Kier alpha value is -3.53. The van der Waals surface area contributed by atoms with Gasteiger partial charge in [-0.25, -0.2) is 4.99 Å². The molecule has 0 unspecified atom stereocenters. The van der Waals surface area contributed by atoms with E-state index < -0.39 is 15.8 Å². The molecule has 1 saturated heterocycles. The number of carbonyl (C=O) groups is 1. The lowest BCUT2D eigenvalue weighted by Gasteiger charge is -2.01. The van der Waals surface area contributed by atoms with E-state index in [-0.39, 0.29) is 16.3 Å². The summed E-state index contributed by atoms with van der Waals surface area (Å²) in [5, 5.41) is 24.8. The average Bonchev–Trinajstić information content (AvgIpc) is 2.96. The molecule has 0 atom stereocenters. The minimum atomic E-state index is -0.515. The number of nitrogens with one attached hydrogen (secondary N) is 1. The van der Waals surface area contributed by atoms with Crippen LogP contribution in [0, 0.1) is 27.2 Å². The number of hydrogen-bond donors (Lipinski definition) is 1. The van der Waals surface area contributed by atoms with Gasteiger partial charge in [-0.3, -0.25) is 25.0 Å². The lowest BCUT2D eigenvalue weighted by atomic mass is 10.1. The van der Waals surface area contributed by atoms with Gasteiger partial charge in [-0.05, 0) is 42.5 Å². The van der Waals surface area contributed by atoms with E-state index in [1.165, 1.54) is 30.3 Å². The highest BCUT2D eigenvalue weighted by Crippen LogP contribution is 2.31. The van der Waals surface area contributed by atoms with E-state index in [0.29, 0.717) is 22.0 Å². The number of amidine groups is 1. The minimum Gasteiger partial charge on any atom is -0.300 e. The van der Waals surface area contributed by atoms with E-state index >= 15 is 0 Å². The fourth-order valence-electron chi connectivity index (χ4n) is 2.39. The van der Waals surface area contributed by atoms with E-state index in [4.69, 9.17) is 0 Å². The highest BCUT2D eigenvalue weighted by Gasteiger charge is 2.25. The summed E-state index contributed by atoms with van der Waals surface area (Å²) in [6.07, 6.45) is 1.43. The van der Waals surface area contributed by atoms with Crippen molar-refractivity contribution in [2.45, 2.75) is 6.92 Å². The van der Waals surface area contributed by atoms with Crippen molar-refractivity contribution in [2.24, 2.45) is 4.99 Å². The number of benzene rings is 2. The Morgan fingerprint density at radius 2 is 1.85 bits per heavy atom. The van der Waals surface area contributed by atoms with E-state index in [9.17, 15) is 25.0 Å². The number of carbonyl (C=O) groups excluding carboxylic acids is 1. The summed E-state index contributed by atoms with van der Waals surface area (Å²) < 4.78 is 0. The Kier molecular flexibility index (Phi) is 4.99. The summed E-state index contributed by atoms with van der Waals surface area (Å²) >= 11 is 1.04. The van der Waals surface area contributed by atoms with Gasteiger partial charge in [0.15, 0.2) is 5.17 Å². The first-order chi connectivity index (χ1) is 12.8. The number of para-hydroxylation sites is 1. The lowest BCUT2D eigenvalue weighted by Crippen LogP contribution is -2.19. The molecule has 1 heterocycles. The summed E-state index contributed by atoms with van der Waals surface area (Å²) in [7, 11) is 0. The molecule has 1 amide bonds. The van der Waals surface area contributed by atoms with Gasteiger partial charge >= 0.3 is 0 Å². The van der Waals surface area contributed by atoms with Crippen LogP contribution >= 0.6 is 11.8 Å². The van der Waals surface area contributed by atoms with Gasteiger partial charge in [0.05, 0.1) is 26.0 Å². The summed E-state index contributed by atoms with van der Waals surface area (Å²) in [5.74, 6) is -0.420. The van der Waals surface area contributed by atoms with Gasteiger partial charge in [0.2, 0.25) is 0 Å². The Morgan fingerprint density at radius 3 is 2.52 bits per heavy atom. The molecule has 0 aromatic heterocycles. The molecular weight excluding hydrogens is 372 g/mol. The third-order valence-corrected chi connectivity index (χ3v) is 4.59. The first kappa shape index (κ1) is 18.3. The summed E-state index contributed by atoms with van der Waals surface area (Å²) in [6, 6.07) is 10.3. The molecule has 9 nitrogen and oxygen atoms in total. The molecule has 2 aromatic carbocycles. The number of amides is 1. The largest absolute Gasteiger partial charge is 0.300 e. The molecule has 1 aliphatic heterocycles. The maximum absolute atomic E-state index is 12.1. The van der Waals surface area contributed by atoms with Crippen molar-refractivity contribution in [3.63, 3.8) is 0 Å². The van der Waals surface area contributed by atoms with Crippen molar-refractivity contribution >= 4 is 46.0 Å². The summed E-state index contributed by atoms with van der Waals surface area (Å²) in [5.41, 5.74) is 1.23. The van der Waals surface area contributed by atoms with Crippen LogP contribution in [0.1, 0.15) is 11.1 Å². The summed E-state index contributed by atoms with van der Waals surface area (Å²) in [6.45, 7) is 1.68. The van der Waals surface area contributed by atoms with Crippen molar-refractivity contribution < 1.29 is 14.6 Å². The Morgan fingerprint density at radius 1 is 1.11 bits per heavy atom. The van der Waals surface area contributed by atoms with Crippen LogP contribution in [0.25, 0.3) is 6.08 Å². The Labute approximate surface area is 157 Å². The maximum Gasteiger partial charge on any atom is 0.276 e. The number of non-ortho nitro benzene ring substituents is 1. The quantitative estimate of drug-likeness (QED) is 0.486. The molecule has 0 saturated carbocycles. The summed E-state index contributed by atoms with van der Waals surface area (Å²) in [4.78, 5) is 37.6. The van der Waals surface area contributed by atoms with Crippen LogP contribution in [0.15, 0.2) is 52.4 Å². The number of nitrogens with zero attached hydrogens (tertiary/aromatic N) is 3. The number of aliphatic imine (C=N–C) groups is 1. The van der Waals surface area contributed by atoms with Crippen molar-refractivity contribution in [1.29, 1.82) is 0 Å². The van der Waals surface area contributed by atoms with E-state index in [1.807, 2.05) is 0 Å². The van der Waals surface area contributed by atoms with Gasteiger partial charge in [0.1, 0.15) is 0 Å². The SMILES string of the molecule is Cc1cc([N+](=O)[O-])ccc1N=C1NC(=O)/C(=C/c2ccccc2[N+](=O)[O-])S1. The standard InChI is InChI=1S/C17H12N4O5S/c1-10-8-12(20(23)24)6-7-13(10)18-17-19-16(22)15(27-17)9-11-4-2-3-5-14(11)21(25)26/h2-9H,1H3,(H,18,19,22)/b15-9-. The molecule has 1 N–H and O–H groups in total. The normalized spacial score (nSPS) is 16.6. The van der Waals surface area contributed by atoms with Crippen LogP contribution in [0.4, 0.5) is 17.1 Å². The zero-order chi connectivity index (χ0) is 19.6. The van der Waals surface area contributed by atoms with Crippen molar-refractivity contribution in [2.75, 3.05) is 0 Å². The highest BCUT2D eigenvalue weighted by atomic mass is 32.2. The number of aryl methyl sites for hydroxylation is 1. The molecule has 0 radical (unpaired) electrons. The van der Waals surface area contributed by atoms with Crippen molar-refractivity contribution in [1.82, 2.24) is 5.32 Å². The maximum atomic E-state index is 12.1. The minimum absolute atomic E-state index is 0.0449. The molecular formula is C17H12N4O5S. The molecule has 1 fully saturated rings. The predicted molar refractivity (Wildman–Crippen MR) is 102 cm³/mol. The second-order valence-corrected chi connectivity index (χ2v) is 6.56. The molecule has 10 heteroatoms. The molecule has 0 bridgehead atoms. The lowest BCUT2D eigenvalue weighted by molar-refractivity contribution is -0.385. The third kappa shape index (κ3) is 4.01. The van der Waals surface area contributed by atoms with Crippen LogP contribution in [-0.4, -0.2) is 20.9 Å². The van der Waals surface area contributed by atoms with E-state index in [0.717, 1.165) is 11.8 Å². The predicted octanol–water partition coefficient (Wildman–Crippen LogP) is 3.70. The zero-order valence-corrected chi connectivity index (χ0v) is 14.7. The monoisotopic (exact) mass is 384 g/mol. The molecule has 2 aromatic rings. The average molecular weight is 384 g/mol. The smallest absolute Gasteiger partial charge is 0.276 e. The Balaban J connectivity index is 1.89. The van der Waals surface area contributed by atoms with Gasteiger partial charge in [-0.15, -0.1) is 0 Å². The molecule has 0 spiro atoms. The number of nitro groups is 2. The second kappa shape index (κ2) is 7.38. The number of nitro benzene ring substituents is 2. The van der Waals surface area contributed by atoms with Crippen LogP contribution in [-0.2, 0) is 4.79 Å². The number of thioether (sulfide) groups is 1. The van der Waals surface area contributed by atoms with Gasteiger partial charge < -0.3 is 5.32 Å². The van der Waals surface area contributed by atoms with Crippen LogP contribution < -0.4 is 5.32 Å². The Bertz CT molecular complexity index is 1030. The fraction of sp³-hybridized carbons (Fsp3) is 0.0588. The molecule has 1 aliphatic rings. The number of rotatable bonds is 4. The van der Waals surface area contributed by atoms with Gasteiger partial charge in [0.25, 0.3) is 17.3 Å². The zero-order valence-electron chi connectivity index (χ0n) is 13.9. The first-order valence-corrected chi connectivity index (χ1v) is 8.45. The first-order valence-electron chi connectivity index (χ1n) is 7.63. The van der Waals surface area contributed by atoms with Crippen molar-refractivity contribution in [3.05, 3.63) is 78.7 Å². The van der Waals surface area contributed by atoms with Crippen LogP contribution in [0.2, 0.25) is 0 Å². The molecule has 0 aliphatic carbocycles. The molecule has 3 rings (SSSR count). The van der Waals surface area contributed by atoms with Gasteiger partial charge in [0, 0.05) is 18.2 Å². The number of hydrogen-bond acceptors (Lipinski definition) is 7. The molecule has 136 valence electrons.